The molecule has 2 aromatic rings. The molecule has 1 unspecified atom stereocenters. The van der Waals surface area contributed by atoms with Crippen LogP contribution in [0.25, 0.3) is 0 Å². The summed E-state index contributed by atoms with van der Waals surface area (Å²) < 4.78 is 12.7. The largest absolute Gasteiger partial charge is 0.497 e. The van der Waals surface area contributed by atoms with Gasteiger partial charge in [-0.1, -0.05) is 0 Å². The van der Waals surface area contributed by atoms with Gasteiger partial charge in [-0.05, 0) is 51.8 Å². The number of aryl methyl sites for hydroxylation is 2. The zero-order chi connectivity index (χ0) is 20.7. The molecule has 0 spiro atoms. The van der Waals surface area contributed by atoms with Crippen molar-refractivity contribution in [3.8, 4) is 11.5 Å². The van der Waals surface area contributed by atoms with E-state index in [-0.39, 0.29) is 6.04 Å². The van der Waals surface area contributed by atoms with Crippen LogP contribution in [-0.4, -0.2) is 42.5 Å². The highest BCUT2D eigenvalue weighted by Crippen LogP contribution is 2.25. The Morgan fingerprint density at radius 2 is 2.00 bits per heavy atom. The molecule has 0 aliphatic heterocycles. The highest BCUT2D eigenvalue weighted by Gasteiger charge is 2.14. The van der Waals surface area contributed by atoms with E-state index < -0.39 is 0 Å². The Hall–Kier alpha value is -2.70. The topological polar surface area (TPSA) is 72.7 Å². The van der Waals surface area contributed by atoms with Gasteiger partial charge in [0, 0.05) is 37.0 Å². The first-order valence-electron chi connectivity index (χ1n) is 9.64. The van der Waals surface area contributed by atoms with Crippen molar-refractivity contribution in [2.75, 3.05) is 20.8 Å². The Morgan fingerprint density at radius 3 is 2.57 bits per heavy atom. The number of benzene rings is 1. The van der Waals surface area contributed by atoms with Crippen molar-refractivity contribution in [1.82, 2.24) is 20.4 Å². The first-order valence-corrected chi connectivity index (χ1v) is 9.64. The monoisotopic (exact) mass is 387 g/mol. The van der Waals surface area contributed by atoms with Crippen LogP contribution < -0.4 is 20.1 Å². The van der Waals surface area contributed by atoms with Crippen LogP contribution in [0.5, 0.6) is 11.5 Å². The van der Waals surface area contributed by atoms with Gasteiger partial charge in [0.1, 0.15) is 11.5 Å². The number of ether oxygens (including phenoxy) is 2. The van der Waals surface area contributed by atoms with E-state index in [9.17, 15) is 0 Å². The summed E-state index contributed by atoms with van der Waals surface area (Å²) in [6.45, 7) is 9.70. The lowest BCUT2D eigenvalue weighted by atomic mass is 10.1. The maximum Gasteiger partial charge on any atom is 0.191 e. The van der Waals surface area contributed by atoms with Crippen LogP contribution in [0.3, 0.4) is 0 Å². The molecule has 0 aliphatic rings. The molecule has 1 heterocycles. The number of hydrogen-bond acceptors (Lipinski definition) is 4. The van der Waals surface area contributed by atoms with Crippen LogP contribution in [0.2, 0.25) is 0 Å². The minimum atomic E-state index is 0.220. The van der Waals surface area contributed by atoms with Crippen molar-refractivity contribution in [1.29, 1.82) is 0 Å². The summed E-state index contributed by atoms with van der Waals surface area (Å²) in [4.78, 5) is 4.73. The van der Waals surface area contributed by atoms with Gasteiger partial charge >= 0.3 is 0 Å². The molecule has 0 radical (unpaired) electrons. The number of hydrogen-bond donors (Lipinski definition) is 2. The molecule has 7 nitrogen and oxygen atoms in total. The van der Waals surface area contributed by atoms with E-state index >= 15 is 0 Å². The summed E-state index contributed by atoms with van der Waals surface area (Å²) >= 11 is 0. The van der Waals surface area contributed by atoms with E-state index in [1.807, 2.05) is 29.9 Å². The maximum absolute atomic E-state index is 5.47. The van der Waals surface area contributed by atoms with E-state index in [1.165, 1.54) is 11.3 Å². The molecule has 1 atom stereocenters. The van der Waals surface area contributed by atoms with Crippen LogP contribution in [0.1, 0.15) is 36.4 Å². The van der Waals surface area contributed by atoms with Gasteiger partial charge in [0.05, 0.1) is 26.5 Å². The average Bonchev–Trinajstić information content (AvgIpc) is 2.92. The molecule has 2 rings (SSSR count). The van der Waals surface area contributed by atoms with Gasteiger partial charge in [-0.2, -0.15) is 5.10 Å². The molecule has 0 saturated heterocycles. The predicted octanol–water partition coefficient (Wildman–Crippen LogP) is 2.74. The lowest BCUT2D eigenvalue weighted by Gasteiger charge is -2.18. The maximum atomic E-state index is 5.47. The highest BCUT2D eigenvalue weighted by atomic mass is 16.5. The SMILES string of the molecule is CCNC(=NCc1ccc(OC)cc1OC)NC(C)Cc1c(C)nn(C)c1C. The van der Waals surface area contributed by atoms with Crippen LogP contribution in [0, 0.1) is 13.8 Å². The molecule has 0 fully saturated rings. The van der Waals surface area contributed by atoms with Gasteiger partial charge in [-0.3, -0.25) is 4.68 Å². The number of aliphatic imine (C=N–C) groups is 1. The van der Waals surface area contributed by atoms with Crippen LogP contribution in [-0.2, 0) is 20.0 Å². The van der Waals surface area contributed by atoms with Crippen LogP contribution >= 0.6 is 0 Å². The molecule has 0 amide bonds. The first kappa shape index (κ1) is 21.6. The lowest BCUT2D eigenvalue weighted by molar-refractivity contribution is 0.391. The van der Waals surface area contributed by atoms with Crippen LogP contribution in [0.4, 0.5) is 0 Å². The van der Waals surface area contributed by atoms with Gasteiger partial charge in [0.15, 0.2) is 5.96 Å². The Kier molecular flexibility index (Phi) is 7.72. The number of rotatable bonds is 8. The van der Waals surface area contributed by atoms with Gasteiger partial charge in [-0.25, -0.2) is 4.99 Å². The lowest BCUT2D eigenvalue weighted by Crippen LogP contribution is -2.43. The third kappa shape index (κ3) is 5.41. The summed E-state index contributed by atoms with van der Waals surface area (Å²) in [5, 5.41) is 11.3. The highest BCUT2D eigenvalue weighted by molar-refractivity contribution is 5.80. The van der Waals surface area contributed by atoms with E-state index in [0.29, 0.717) is 6.54 Å². The van der Waals surface area contributed by atoms with E-state index in [2.05, 4.69) is 43.4 Å². The molecule has 0 saturated carbocycles. The van der Waals surface area contributed by atoms with E-state index in [1.54, 1.807) is 14.2 Å². The summed E-state index contributed by atoms with van der Waals surface area (Å²) in [6.07, 6.45) is 0.891. The van der Waals surface area contributed by atoms with Crippen molar-refractivity contribution in [3.63, 3.8) is 0 Å². The molecular formula is C21H33N5O2. The fourth-order valence-electron chi connectivity index (χ4n) is 3.17. The van der Waals surface area contributed by atoms with Crippen molar-refractivity contribution >= 4 is 5.96 Å². The summed E-state index contributed by atoms with van der Waals surface area (Å²) in [5.41, 5.74) is 4.58. The van der Waals surface area contributed by atoms with E-state index in [0.717, 1.165) is 41.7 Å². The quantitative estimate of drug-likeness (QED) is 0.538. The predicted molar refractivity (Wildman–Crippen MR) is 113 cm³/mol. The molecule has 1 aromatic heterocycles. The van der Waals surface area contributed by atoms with Crippen molar-refractivity contribution < 1.29 is 9.47 Å². The normalized spacial score (nSPS) is 12.6. The Labute approximate surface area is 168 Å². The number of guanidine groups is 1. The number of methoxy groups -OCH3 is 2. The fraction of sp³-hybridized carbons (Fsp3) is 0.524. The molecule has 1 aromatic carbocycles. The third-order valence-corrected chi connectivity index (χ3v) is 4.80. The minimum absolute atomic E-state index is 0.220. The second-order valence-electron chi connectivity index (χ2n) is 6.90. The standard InChI is InChI=1S/C21H33N5O2/c1-8-22-21(23-13-17-9-10-18(27-6)12-20(17)28-7)24-14(2)11-19-15(3)25-26(5)16(19)4/h9-10,12,14H,8,11,13H2,1-7H3,(H2,22,23,24). The van der Waals surface area contributed by atoms with Crippen molar-refractivity contribution in [3.05, 3.63) is 40.7 Å². The van der Waals surface area contributed by atoms with Crippen LogP contribution in [0.15, 0.2) is 23.2 Å². The molecule has 2 N–H and O–H groups in total. The third-order valence-electron chi connectivity index (χ3n) is 4.80. The zero-order valence-electron chi connectivity index (χ0n) is 18.1. The molecule has 0 aliphatic carbocycles. The number of nitrogens with one attached hydrogen (secondary N) is 2. The molecule has 0 bridgehead atoms. The number of aromatic nitrogens is 2. The summed E-state index contributed by atoms with van der Waals surface area (Å²) in [7, 11) is 5.29. The summed E-state index contributed by atoms with van der Waals surface area (Å²) in [5.74, 6) is 2.33. The first-order chi connectivity index (χ1) is 13.4. The Bertz CT molecular complexity index is 813. The fourth-order valence-corrected chi connectivity index (χ4v) is 3.17. The molecular weight excluding hydrogens is 354 g/mol. The smallest absolute Gasteiger partial charge is 0.191 e. The van der Waals surface area contributed by atoms with Gasteiger partial charge in [-0.15, -0.1) is 0 Å². The molecule has 28 heavy (non-hydrogen) atoms. The minimum Gasteiger partial charge on any atom is -0.497 e. The number of nitrogens with zero attached hydrogens (tertiary/aromatic N) is 3. The second-order valence-corrected chi connectivity index (χ2v) is 6.90. The zero-order valence-corrected chi connectivity index (χ0v) is 18.1. The second kappa shape index (κ2) is 10.0. The van der Waals surface area contributed by atoms with Gasteiger partial charge in [0.25, 0.3) is 0 Å². The Morgan fingerprint density at radius 1 is 1.25 bits per heavy atom. The van der Waals surface area contributed by atoms with Gasteiger partial charge < -0.3 is 20.1 Å². The Balaban J connectivity index is 2.09. The summed E-state index contributed by atoms with van der Waals surface area (Å²) in [6, 6.07) is 6.00. The molecule has 7 heteroatoms. The van der Waals surface area contributed by atoms with E-state index in [4.69, 9.17) is 14.5 Å². The van der Waals surface area contributed by atoms with Crippen molar-refractivity contribution in [2.45, 2.75) is 46.7 Å². The van der Waals surface area contributed by atoms with Gasteiger partial charge in [0.2, 0.25) is 0 Å². The van der Waals surface area contributed by atoms with Crippen molar-refractivity contribution in [2.24, 2.45) is 12.0 Å². The molecule has 154 valence electrons. The average molecular weight is 388 g/mol.